The van der Waals surface area contributed by atoms with Crippen LogP contribution in [0.3, 0.4) is 0 Å². The van der Waals surface area contributed by atoms with Crippen LogP contribution in [0.5, 0.6) is 0 Å². The molecule has 1 aliphatic heterocycles. The third-order valence-electron chi connectivity index (χ3n) is 3.41. The van der Waals surface area contributed by atoms with Gasteiger partial charge in [-0.1, -0.05) is 11.6 Å². The van der Waals surface area contributed by atoms with Crippen LogP contribution in [-0.2, 0) is 4.79 Å². The second-order valence-corrected chi connectivity index (χ2v) is 5.48. The minimum absolute atomic E-state index is 0.0291. The van der Waals surface area contributed by atoms with Crippen LogP contribution in [0.25, 0.3) is 0 Å². The van der Waals surface area contributed by atoms with Gasteiger partial charge in [0.05, 0.1) is 0 Å². The summed E-state index contributed by atoms with van der Waals surface area (Å²) in [7, 11) is 0. The number of ketones is 1. The fourth-order valence-corrected chi connectivity index (χ4v) is 2.41. The Morgan fingerprint density at radius 3 is 2.65 bits per heavy atom. The molecule has 1 saturated heterocycles. The fourth-order valence-electron chi connectivity index (χ4n) is 2.28. The topological polar surface area (TPSA) is 58.2 Å². The van der Waals surface area contributed by atoms with Crippen LogP contribution in [0.4, 0.5) is 0 Å². The molecule has 20 heavy (non-hydrogen) atoms. The van der Waals surface area contributed by atoms with Crippen molar-refractivity contribution in [1.29, 1.82) is 0 Å². The van der Waals surface area contributed by atoms with E-state index in [0.717, 1.165) is 25.9 Å². The van der Waals surface area contributed by atoms with E-state index < -0.39 is 0 Å². The van der Waals surface area contributed by atoms with Crippen molar-refractivity contribution in [3.63, 3.8) is 0 Å². The molecule has 0 aromatic heterocycles. The molecule has 0 spiro atoms. The molecular weight excluding hydrogens is 276 g/mol. The molecule has 0 bridgehead atoms. The molecule has 4 nitrogen and oxygen atoms in total. The predicted octanol–water partition coefficient (Wildman–Crippen LogP) is 2.17. The van der Waals surface area contributed by atoms with Crippen LogP contribution < -0.4 is 10.6 Å². The first-order valence-corrected chi connectivity index (χ1v) is 7.32. The van der Waals surface area contributed by atoms with Crippen molar-refractivity contribution < 1.29 is 9.59 Å². The Bertz CT molecular complexity index is 467. The second kappa shape index (κ2) is 7.41. The van der Waals surface area contributed by atoms with Crippen molar-refractivity contribution in [2.75, 3.05) is 13.1 Å². The molecule has 1 amide bonds. The van der Waals surface area contributed by atoms with Gasteiger partial charge < -0.3 is 10.6 Å². The van der Waals surface area contributed by atoms with Crippen LogP contribution >= 0.6 is 11.6 Å². The molecule has 1 atom stereocenters. The van der Waals surface area contributed by atoms with Crippen molar-refractivity contribution in [2.45, 2.75) is 31.7 Å². The van der Waals surface area contributed by atoms with Crippen LogP contribution in [0.1, 0.15) is 36.0 Å². The zero-order valence-electron chi connectivity index (χ0n) is 11.3. The molecule has 1 aromatic carbocycles. The van der Waals surface area contributed by atoms with E-state index in [1.54, 1.807) is 24.3 Å². The third kappa shape index (κ3) is 4.62. The molecule has 0 saturated carbocycles. The molecule has 2 rings (SSSR count). The number of nitrogens with one attached hydrogen (secondary N) is 2. The molecule has 1 heterocycles. The maximum Gasteiger partial charge on any atom is 0.220 e. The Labute approximate surface area is 123 Å². The summed E-state index contributed by atoms with van der Waals surface area (Å²) in [5.41, 5.74) is 0.599. The highest BCUT2D eigenvalue weighted by Gasteiger charge is 2.16. The molecular formula is C15H19ClN2O2. The van der Waals surface area contributed by atoms with E-state index in [1.807, 2.05) is 0 Å². The van der Waals surface area contributed by atoms with Crippen molar-refractivity contribution in [3.05, 3.63) is 34.9 Å². The first-order chi connectivity index (χ1) is 9.65. The number of rotatable bonds is 5. The minimum atomic E-state index is -0.0546. The van der Waals surface area contributed by atoms with Gasteiger partial charge in [0.15, 0.2) is 5.78 Å². The molecule has 1 fully saturated rings. The molecule has 0 radical (unpaired) electrons. The number of piperidine rings is 1. The van der Waals surface area contributed by atoms with E-state index in [9.17, 15) is 9.59 Å². The zero-order valence-corrected chi connectivity index (χ0v) is 12.1. The average Bonchev–Trinajstić information content (AvgIpc) is 2.46. The number of amides is 1. The molecule has 0 unspecified atom stereocenters. The minimum Gasteiger partial charge on any atom is -0.352 e. The molecule has 108 valence electrons. The number of hydrogen-bond acceptors (Lipinski definition) is 3. The zero-order chi connectivity index (χ0) is 14.4. The van der Waals surface area contributed by atoms with Crippen LogP contribution in [0, 0.1) is 0 Å². The van der Waals surface area contributed by atoms with Gasteiger partial charge in [-0.15, -0.1) is 0 Å². The molecule has 2 N–H and O–H groups in total. The highest BCUT2D eigenvalue weighted by Crippen LogP contribution is 2.12. The van der Waals surface area contributed by atoms with Gasteiger partial charge >= 0.3 is 0 Å². The Morgan fingerprint density at radius 1 is 1.25 bits per heavy atom. The van der Waals surface area contributed by atoms with Gasteiger partial charge in [-0.25, -0.2) is 0 Å². The van der Waals surface area contributed by atoms with Crippen LogP contribution in [-0.4, -0.2) is 30.8 Å². The average molecular weight is 295 g/mol. The number of hydrogen-bond donors (Lipinski definition) is 2. The van der Waals surface area contributed by atoms with Gasteiger partial charge in [-0.2, -0.15) is 0 Å². The second-order valence-electron chi connectivity index (χ2n) is 5.04. The fraction of sp³-hybridized carbons (Fsp3) is 0.467. The highest BCUT2D eigenvalue weighted by atomic mass is 35.5. The largest absolute Gasteiger partial charge is 0.352 e. The molecule has 1 aliphatic rings. The maximum atomic E-state index is 11.9. The van der Waals surface area contributed by atoms with Gasteiger partial charge in [-0.3, -0.25) is 9.59 Å². The summed E-state index contributed by atoms with van der Waals surface area (Å²) in [6.07, 6.45) is 2.55. The highest BCUT2D eigenvalue weighted by molar-refractivity contribution is 6.30. The summed E-state index contributed by atoms with van der Waals surface area (Å²) in [6, 6.07) is 6.94. The van der Waals surface area contributed by atoms with Crippen molar-refractivity contribution >= 4 is 23.3 Å². The lowest BCUT2D eigenvalue weighted by molar-refractivity contribution is -0.121. The first-order valence-electron chi connectivity index (χ1n) is 6.94. The Kier molecular flexibility index (Phi) is 5.56. The lowest BCUT2D eigenvalue weighted by atomic mass is 10.1. The van der Waals surface area contributed by atoms with Gasteiger partial charge in [0.2, 0.25) is 5.91 Å². The van der Waals surface area contributed by atoms with Crippen LogP contribution in [0.2, 0.25) is 5.02 Å². The van der Waals surface area contributed by atoms with Crippen LogP contribution in [0.15, 0.2) is 24.3 Å². The summed E-state index contributed by atoms with van der Waals surface area (Å²) in [4.78, 5) is 23.7. The first kappa shape index (κ1) is 15.0. The number of halogens is 1. The van der Waals surface area contributed by atoms with Gasteiger partial charge in [0, 0.05) is 36.0 Å². The number of Topliss-reactive ketones (excluding diaryl/α,β-unsaturated/α-hetero) is 1. The van der Waals surface area contributed by atoms with E-state index >= 15 is 0 Å². The number of carbonyl (C=O) groups excluding carboxylic acids is 2. The standard InChI is InChI=1S/C15H19ClN2O2/c16-12-5-3-11(4-6-12)14(19)7-8-15(20)18-13-2-1-9-17-10-13/h3-6,13,17H,1-2,7-10H2,(H,18,20)/t13-/m0/s1. The predicted molar refractivity (Wildman–Crippen MR) is 79.1 cm³/mol. The number of carbonyl (C=O) groups is 2. The van der Waals surface area contributed by atoms with Crippen molar-refractivity contribution in [1.82, 2.24) is 10.6 Å². The molecule has 1 aromatic rings. The van der Waals surface area contributed by atoms with Gasteiger partial charge in [-0.05, 0) is 43.7 Å². The normalized spacial score (nSPS) is 18.6. The summed E-state index contributed by atoms with van der Waals surface area (Å²) in [6.45, 7) is 1.83. The van der Waals surface area contributed by atoms with E-state index in [0.29, 0.717) is 10.6 Å². The monoisotopic (exact) mass is 294 g/mol. The Morgan fingerprint density at radius 2 is 2.00 bits per heavy atom. The molecule has 0 aliphatic carbocycles. The van der Waals surface area contributed by atoms with Crippen molar-refractivity contribution in [2.24, 2.45) is 0 Å². The van der Waals surface area contributed by atoms with E-state index in [4.69, 9.17) is 11.6 Å². The quantitative estimate of drug-likeness (QED) is 0.818. The lowest BCUT2D eigenvalue weighted by Crippen LogP contribution is -2.45. The van der Waals surface area contributed by atoms with E-state index in [1.165, 1.54) is 0 Å². The summed E-state index contributed by atoms with van der Waals surface area (Å²) in [5, 5.41) is 6.80. The van der Waals surface area contributed by atoms with Gasteiger partial charge in [0.1, 0.15) is 0 Å². The van der Waals surface area contributed by atoms with Gasteiger partial charge in [0.25, 0.3) is 0 Å². The van der Waals surface area contributed by atoms with Crippen molar-refractivity contribution in [3.8, 4) is 0 Å². The summed E-state index contributed by atoms with van der Waals surface area (Å²) < 4.78 is 0. The molecule has 5 heteroatoms. The third-order valence-corrected chi connectivity index (χ3v) is 3.66. The maximum absolute atomic E-state index is 11.9. The lowest BCUT2D eigenvalue weighted by Gasteiger charge is -2.23. The Hall–Kier alpha value is -1.39. The smallest absolute Gasteiger partial charge is 0.220 e. The SMILES string of the molecule is O=C(CCC(=O)c1ccc(Cl)cc1)N[C@H]1CCCNC1. The number of benzene rings is 1. The van der Waals surface area contributed by atoms with E-state index in [2.05, 4.69) is 10.6 Å². The summed E-state index contributed by atoms with van der Waals surface area (Å²) >= 11 is 5.77. The Balaban J connectivity index is 1.75. The summed E-state index contributed by atoms with van der Waals surface area (Å²) in [5.74, 6) is -0.0837. The van der Waals surface area contributed by atoms with E-state index in [-0.39, 0.29) is 30.6 Å².